The number of fused-ring (bicyclic) bond motifs is 1. The Balaban J connectivity index is 1.71. The molecule has 0 radical (unpaired) electrons. The maximum Gasteiger partial charge on any atom is 0.0751 e. The number of anilines is 1. The number of pyridine rings is 1. The van der Waals surface area contributed by atoms with Crippen LogP contribution in [-0.4, -0.2) is 55.3 Å². The number of hydrogen-bond acceptors (Lipinski definition) is 4. The van der Waals surface area contributed by atoms with Crippen LogP contribution < -0.4 is 4.90 Å². The molecule has 2 heterocycles. The summed E-state index contributed by atoms with van der Waals surface area (Å²) in [6.07, 6.45) is 2.57. The predicted molar refractivity (Wildman–Crippen MR) is 96.2 cm³/mol. The van der Waals surface area contributed by atoms with Crippen LogP contribution in [0.25, 0.3) is 10.9 Å². The highest BCUT2D eigenvalue weighted by Gasteiger charge is 2.22. The molecule has 1 aromatic carbocycles. The SMILES string of the molecule is Cc1cccc2c(N(C)CCN3C[C@@H](C)O[C@@H](C)C3)ccnc12. The fourth-order valence-corrected chi connectivity index (χ4v) is 3.52. The van der Waals surface area contributed by atoms with E-state index in [9.17, 15) is 0 Å². The molecule has 0 saturated carbocycles. The standard InChI is InChI=1S/C19H27N3O/c1-14-6-5-7-17-18(8-9-20-19(14)17)21(4)10-11-22-12-15(2)23-16(3)13-22/h5-9,15-16H,10-13H2,1-4H3/t15-,16+. The van der Waals surface area contributed by atoms with Crippen LogP contribution in [0.1, 0.15) is 19.4 Å². The number of ether oxygens (including phenoxy) is 1. The number of benzene rings is 1. The van der Waals surface area contributed by atoms with Gasteiger partial charge in [-0.25, -0.2) is 0 Å². The first-order valence-corrected chi connectivity index (χ1v) is 8.48. The van der Waals surface area contributed by atoms with E-state index < -0.39 is 0 Å². The van der Waals surface area contributed by atoms with Gasteiger partial charge in [0.25, 0.3) is 0 Å². The molecule has 0 unspecified atom stereocenters. The van der Waals surface area contributed by atoms with Crippen molar-refractivity contribution in [3.8, 4) is 0 Å². The van der Waals surface area contributed by atoms with Gasteiger partial charge in [-0.2, -0.15) is 0 Å². The zero-order chi connectivity index (χ0) is 16.4. The van der Waals surface area contributed by atoms with Crippen LogP contribution >= 0.6 is 0 Å². The molecular weight excluding hydrogens is 286 g/mol. The second-order valence-electron chi connectivity index (χ2n) is 6.74. The number of aryl methyl sites for hydroxylation is 1. The van der Waals surface area contributed by atoms with Gasteiger partial charge in [-0.1, -0.05) is 18.2 Å². The van der Waals surface area contributed by atoms with Crippen molar-refractivity contribution in [3.63, 3.8) is 0 Å². The van der Waals surface area contributed by atoms with Gasteiger partial charge >= 0.3 is 0 Å². The number of para-hydroxylation sites is 1. The summed E-state index contributed by atoms with van der Waals surface area (Å²) < 4.78 is 5.82. The Morgan fingerprint density at radius 2 is 1.96 bits per heavy atom. The summed E-state index contributed by atoms with van der Waals surface area (Å²) >= 11 is 0. The zero-order valence-corrected chi connectivity index (χ0v) is 14.6. The van der Waals surface area contributed by atoms with E-state index in [1.165, 1.54) is 16.6 Å². The summed E-state index contributed by atoms with van der Waals surface area (Å²) in [5, 5.41) is 1.23. The molecule has 1 aliphatic heterocycles. The molecule has 4 nitrogen and oxygen atoms in total. The van der Waals surface area contributed by atoms with Crippen LogP contribution in [-0.2, 0) is 4.74 Å². The fourth-order valence-electron chi connectivity index (χ4n) is 3.52. The van der Waals surface area contributed by atoms with E-state index in [1.54, 1.807) is 0 Å². The highest BCUT2D eigenvalue weighted by molar-refractivity contribution is 5.93. The number of aromatic nitrogens is 1. The largest absolute Gasteiger partial charge is 0.373 e. The molecule has 0 bridgehead atoms. The summed E-state index contributed by atoms with van der Waals surface area (Å²) in [5.41, 5.74) is 3.59. The van der Waals surface area contributed by atoms with E-state index in [2.05, 4.69) is 66.9 Å². The lowest BCUT2D eigenvalue weighted by molar-refractivity contribution is -0.0670. The third-order valence-electron chi connectivity index (χ3n) is 4.61. The molecule has 3 rings (SSSR count). The molecule has 1 saturated heterocycles. The fraction of sp³-hybridized carbons (Fsp3) is 0.526. The highest BCUT2D eigenvalue weighted by atomic mass is 16.5. The maximum absolute atomic E-state index is 5.82. The third-order valence-corrected chi connectivity index (χ3v) is 4.61. The molecule has 0 amide bonds. The van der Waals surface area contributed by atoms with E-state index in [1.807, 2.05) is 6.20 Å². The molecular formula is C19H27N3O. The van der Waals surface area contributed by atoms with E-state index in [4.69, 9.17) is 4.74 Å². The van der Waals surface area contributed by atoms with Crippen LogP contribution in [0.2, 0.25) is 0 Å². The normalized spacial score (nSPS) is 22.4. The summed E-state index contributed by atoms with van der Waals surface area (Å²) in [5.74, 6) is 0. The van der Waals surface area contributed by atoms with E-state index in [-0.39, 0.29) is 0 Å². The lowest BCUT2D eigenvalue weighted by Gasteiger charge is -2.36. The van der Waals surface area contributed by atoms with Crippen molar-refractivity contribution < 1.29 is 4.74 Å². The monoisotopic (exact) mass is 313 g/mol. The van der Waals surface area contributed by atoms with Gasteiger partial charge < -0.3 is 9.64 Å². The lowest BCUT2D eigenvalue weighted by Crippen LogP contribution is -2.47. The summed E-state index contributed by atoms with van der Waals surface area (Å²) in [6, 6.07) is 8.52. The average Bonchev–Trinajstić information content (AvgIpc) is 2.52. The number of nitrogens with zero attached hydrogens (tertiary/aromatic N) is 3. The van der Waals surface area contributed by atoms with Gasteiger partial charge in [0.05, 0.1) is 17.7 Å². The second kappa shape index (κ2) is 6.85. The Hall–Kier alpha value is -1.65. The van der Waals surface area contributed by atoms with Gasteiger partial charge in [-0.3, -0.25) is 9.88 Å². The first-order valence-electron chi connectivity index (χ1n) is 8.48. The quantitative estimate of drug-likeness (QED) is 0.867. The van der Waals surface area contributed by atoms with Gasteiger partial charge in [0.15, 0.2) is 0 Å². The van der Waals surface area contributed by atoms with Gasteiger partial charge in [0.2, 0.25) is 0 Å². The Morgan fingerprint density at radius 1 is 1.22 bits per heavy atom. The molecule has 2 aromatic rings. The minimum Gasteiger partial charge on any atom is -0.373 e. The van der Waals surface area contributed by atoms with E-state index >= 15 is 0 Å². The molecule has 124 valence electrons. The van der Waals surface area contributed by atoms with Crippen molar-refractivity contribution in [2.75, 3.05) is 38.1 Å². The molecule has 1 aliphatic rings. The molecule has 0 aliphatic carbocycles. The minimum atomic E-state index is 0.327. The van der Waals surface area contributed by atoms with Gasteiger partial charge in [0, 0.05) is 50.5 Å². The summed E-state index contributed by atoms with van der Waals surface area (Å²) in [7, 11) is 2.17. The van der Waals surface area contributed by atoms with E-state index in [0.717, 1.165) is 31.7 Å². The Labute approximate surface area is 139 Å². The van der Waals surface area contributed by atoms with Crippen molar-refractivity contribution in [1.29, 1.82) is 0 Å². The minimum absolute atomic E-state index is 0.327. The van der Waals surface area contributed by atoms with Crippen LogP contribution in [0.3, 0.4) is 0 Å². The molecule has 1 aromatic heterocycles. The Kier molecular flexibility index (Phi) is 4.83. The zero-order valence-electron chi connectivity index (χ0n) is 14.6. The molecule has 23 heavy (non-hydrogen) atoms. The summed E-state index contributed by atoms with van der Waals surface area (Å²) in [6.45, 7) is 10.5. The predicted octanol–water partition coefficient (Wildman–Crippen LogP) is 3.09. The molecule has 0 N–H and O–H groups in total. The van der Waals surface area contributed by atoms with Gasteiger partial charge in [0.1, 0.15) is 0 Å². The lowest BCUT2D eigenvalue weighted by atomic mass is 10.1. The molecule has 1 fully saturated rings. The number of rotatable bonds is 4. The van der Waals surface area contributed by atoms with Crippen LogP contribution in [0.4, 0.5) is 5.69 Å². The van der Waals surface area contributed by atoms with Crippen LogP contribution in [0.5, 0.6) is 0 Å². The molecule has 2 atom stereocenters. The van der Waals surface area contributed by atoms with Gasteiger partial charge in [-0.05, 0) is 32.4 Å². The number of hydrogen-bond donors (Lipinski definition) is 0. The topological polar surface area (TPSA) is 28.6 Å². The van der Waals surface area contributed by atoms with Crippen molar-refractivity contribution >= 4 is 16.6 Å². The molecule has 4 heteroatoms. The third kappa shape index (κ3) is 3.65. The average molecular weight is 313 g/mol. The molecule has 0 spiro atoms. The van der Waals surface area contributed by atoms with Crippen molar-refractivity contribution in [2.24, 2.45) is 0 Å². The maximum atomic E-state index is 5.82. The number of morpholine rings is 1. The van der Waals surface area contributed by atoms with Crippen molar-refractivity contribution in [1.82, 2.24) is 9.88 Å². The first kappa shape index (κ1) is 16.2. The second-order valence-corrected chi connectivity index (χ2v) is 6.74. The summed E-state index contributed by atoms with van der Waals surface area (Å²) in [4.78, 5) is 9.39. The van der Waals surface area contributed by atoms with E-state index in [0.29, 0.717) is 12.2 Å². The Morgan fingerprint density at radius 3 is 2.70 bits per heavy atom. The van der Waals surface area contributed by atoms with Crippen LogP contribution in [0, 0.1) is 6.92 Å². The Bertz CT molecular complexity index is 663. The van der Waals surface area contributed by atoms with Crippen LogP contribution in [0.15, 0.2) is 30.5 Å². The first-order chi connectivity index (χ1) is 11.0. The smallest absolute Gasteiger partial charge is 0.0751 e. The highest BCUT2D eigenvalue weighted by Crippen LogP contribution is 2.26. The van der Waals surface area contributed by atoms with Crippen molar-refractivity contribution in [2.45, 2.75) is 33.0 Å². The van der Waals surface area contributed by atoms with Crippen molar-refractivity contribution in [3.05, 3.63) is 36.0 Å². The number of likely N-dealkylation sites (N-methyl/N-ethyl adjacent to an activating group) is 1. The van der Waals surface area contributed by atoms with Gasteiger partial charge in [-0.15, -0.1) is 0 Å².